The first-order valence-electron chi connectivity index (χ1n) is 11.6. The third-order valence-electron chi connectivity index (χ3n) is 5.50. The second kappa shape index (κ2) is 11.8. The normalized spacial score (nSPS) is 12.9. The lowest BCUT2D eigenvalue weighted by Crippen LogP contribution is -2.19. The van der Waals surface area contributed by atoms with Gasteiger partial charge in [0.2, 0.25) is 5.91 Å². The van der Waals surface area contributed by atoms with Crippen molar-refractivity contribution in [3.8, 4) is 11.4 Å². The molecule has 0 unspecified atom stereocenters. The van der Waals surface area contributed by atoms with Crippen LogP contribution in [0.2, 0.25) is 10.0 Å². The molecule has 1 aliphatic rings. The number of carbonyl (C=O) groups is 2. The Bertz CT molecular complexity index is 1300. The third-order valence-corrected chi connectivity index (χ3v) is 8.23. The van der Waals surface area contributed by atoms with Gasteiger partial charge in [-0.2, -0.15) is 0 Å². The number of allylic oxidation sites excluding steroid dienone is 1. The summed E-state index contributed by atoms with van der Waals surface area (Å²) in [4.78, 5) is 26.9. The predicted molar refractivity (Wildman–Crippen MR) is 147 cm³/mol. The van der Waals surface area contributed by atoms with E-state index in [0.717, 1.165) is 36.1 Å². The van der Waals surface area contributed by atoms with Gasteiger partial charge in [0, 0.05) is 22.0 Å². The van der Waals surface area contributed by atoms with E-state index in [9.17, 15) is 9.59 Å². The molecule has 0 saturated heterocycles. The zero-order valence-electron chi connectivity index (χ0n) is 20.0. The van der Waals surface area contributed by atoms with Crippen LogP contribution in [-0.4, -0.2) is 38.5 Å². The quantitative estimate of drug-likeness (QED) is 0.177. The van der Waals surface area contributed by atoms with Gasteiger partial charge in [-0.15, -0.1) is 28.1 Å². The molecule has 1 aromatic carbocycles. The van der Waals surface area contributed by atoms with E-state index < -0.39 is 0 Å². The molecular formula is C25H26Cl2N4O3S2. The first kappa shape index (κ1) is 26.7. The highest BCUT2D eigenvalue weighted by Crippen LogP contribution is 2.39. The van der Waals surface area contributed by atoms with Crippen molar-refractivity contribution in [2.75, 3.05) is 11.1 Å². The minimum Gasteiger partial charge on any atom is -0.459 e. The smallest absolute Gasteiger partial charge is 0.341 e. The number of nitrogens with zero attached hydrogens (tertiary/aromatic N) is 3. The molecule has 0 fully saturated rings. The maximum atomic E-state index is 12.9. The number of aromatic nitrogens is 3. The number of thiophene rings is 1. The van der Waals surface area contributed by atoms with Gasteiger partial charge in [0.25, 0.3) is 0 Å². The van der Waals surface area contributed by atoms with Crippen molar-refractivity contribution in [1.82, 2.24) is 14.8 Å². The number of carbonyl (C=O) groups excluding carboxylic acids is 2. The fraction of sp³-hybridized carbons (Fsp3) is 0.360. The van der Waals surface area contributed by atoms with Crippen LogP contribution in [0.15, 0.2) is 36.0 Å². The number of aryl methyl sites for hydroxylation is 1. The minimum absolute atomic E-state index is 0.0882. The average Bonchev–Trinajstić information content (AvgIpc) is 3.38. The standard InChI is InChI=1S/C25H26Cl2N4O3S2/c1-4-11-31-22(16-10-9-15(26)12-18(16)27)29-30-25(31)35-13-20(32)28-23-21(24(33)34-14(2)3)17-7-5-6-8-19(17)36-23/h4,9-10,12,14H,1,5-8,11,13H2,2-3H3,(H,28,32). The van der Waals surface area contributed by atoms with Crippen LogP contribution in [-0.2, 0) is 28.9 Å². The Morgan fingerprint density at radius 1 is 1.28 bits per heavy atom. The van der Waals surface area contributed by atoms with E-state index in [-0.39, 0.29) is 23.7 Å². The van der Waals surface area contributed by atoms with Crippen molar-refractivity contribution in [1.29, 1.82) is 0 Å². The van der Waals surface area contributed by atoms with Crippen LogP contribution in [0.1, 0.15) is 47.5 Å². The van der Waals surface area contributed by atoms with E-state index in [2.05, 4.69) is 22.1 Å². The van der Waals surface area contributed by atoms with Crippen molar-refractivity contribution < 1.29 is 14.3 Å². The Morgan fingerprint density at radius 2 is 2.06 bits per heavy atom. The maximum absolute atomic E-state index is 12.9. The molecule has 190 valence electrons. The maximum Gasteiger partial charge on any atom is 0.341 e. The minimum atomic E-state index is -0.387. The van der Waals surface area contributed by atoms with Crippen LogP contribution in [0.3, 0.4) is 0 Å². The molecule has 0 radical (unpaired) electrons. The summed E-state index contributed by atoms with van der Waals surface area (Å²) in [5.41, 5.74) is 2.19. The van der Waals surface area contributed by atoms with Gasteiger partial charge in [-0.25, -0.2) is 4.79 Å². The Morgan fingerprint density at radius 3 is 2.78 bits per heavy atom. The molecule has 1 amide bonds. The van der Waals surface area contributed by atoms with Crippen LogP contribution in [0.25, 0.3) is 11.4 Å². The Kier molecular flexibility index (Phi) is 8.77. The second-order valence-electron chi connectivity index (χ2n) is 8.54. The summed E-state index contributed by atoms with van der Waals surface area (Å²) < 4.78 is 7.32. The number of thioether (sulfide) groups is 1. The van der Waals surface area contributed by atoms with E-state index in [1.165, 1.54) is 23.1 Å². The lowest BCUT2D eigenvalue weighted by Gasteiger charge is -2.14. The predicted octanol–water partition coefficient (Wildman–Crippen LogP) is 6.67. The van der Waals surface area contributed by atoms with Gasteiger partial charge in [-0.1, -0.05) is 41.0 Å². The molecule has 0 bridgehead atoms. The summed E-state index contributed by atoms with van der Waals surface area (Å²) in [6.07, 6.45) is 5.31. The van der Waals surface area contributed by atoms with Gasteiger partial charge in [0.15, 0.2) is 11.0 Å². The van der Waals surface area contributed by atoms with E-state index in [0.29, 0.717) is 43.7 Å². The molecule has 4 rings (SSSR count). The Labute approximate surface area is 228 Å². The van der Waals surface area contributed by atoms with E-state index in [1.54, 1.807) is 24.3 Å². The van der Waals surface area contributed by atoms with Gasteiger partial charge >= 0.3 is 5.97 Å². The van der Waals surface area contributed by atoms with Crippen LogP contribution in [0.5, 0.6) is 0 Å². The molecule has 2 aromatic heterocycles. The zero-order valence-corrected chi connectivity index (χ0v) is 23.1. The molecule has 1 aliphatic carbocycles. The van der Waals surface area contributed by atoms with E-state index >= 15 is 0 Å². The van der Waals surface area contributed by atoms with E-state index in [4.69, 9.17) is 27.9 Å². The van der Waals surface area contributed by atoms with E-state index in [1.807, 2.05) is 18.4 Å². The topological polar surface area (TPSA) is 86.1 Å². The van der Waals surface area contributed by atoms with Crippen LogP contribution in [0, 0.1) is 0 Å². The number of fused-ring (bicyclic) bond motifs is 1. The molecule has 2 heterocycles. The average molecular weight is 566 g/mol. The van der Waals surface area contributed by atoms with Crippen molar-refractivity contribution in [3.63, 3.8) is 0 Å². The van der Waals surface area contributed by atoms with Gasteiger partial charge in [0.05, 0.1) is 22.4 Å². The first-order chi connectivity index (χ1) is 17.3. The number of halogens is 2. The SMILES string of the molecule is C=CCn1c(SCC(=O)Nc2sc3c(c2C(=O)OC(C)C)CCCC3)nnc1-c1ccc(Cl)cc1Cl. The summed E-state index contributed by atoms with van der Waals surface area (Å²) in [5.74, 6) is 0.0216. The highest BCUT2D eigenvalue weighted by Gasteiger charge is 2.28. The monoisotopic (exact) mass is 564 g/mol. The van der Waals surface area contributed by atoms with Gasteiger partial charge in [-0.05, 0) is 63.3 Å². The molecule has 0 atom stereocenters. The molecule has 11 heteroatoms. The number of ether oxygens (including phenoxy) is 1. The summed E-state index contributed by atoms with van der Waals surface area (Å²) in [7, 11) is 0. The molecule has 0 aliphatic heterocycles. The largest absolute Gasteiger partial charge is 0.459 e. The van der Waals surface area contributed by atoms with Crippen molar-refractivity contribution in [2.24, 2.45) is 0 Å². The van der Waals surface area contributed by atoms with Gasteiger partial charge < -0.3 is 10.1 Å². The lowest BCUT2D eigenvalue weighted by atomic mass is 9.95. The molecule has 1 N–H and O–H groups in total. The molecule has 7 nitrogen and oxygen atoms in total. The van der Waals surface area contributed by atoms with Gasteiger partial charge in [-0.3, -0.25) is 9.36 Å². The molecular weight excluding hydrogens is 539 g/mol. The van der Waals surface area contributed by atoms with Crippen molar-refractivity contribution in [3.05, 3.63) is 56.9 Å². The molecule has 0 saturated carbocycles. The number of hydrogen-bond acceptors (Lipinski definition) is 7. The summed E-state index contributed by atoms with van der Waals surface area (Å²) in [6.45, 7) is 7.89. The zero-order chi connectivity index (χ0) is 25.8. The number of amides is 1. The number of anilines is 1. The number of esters is 1. The Balaban J connectivity index is 1.52. The van der Waals surface area contributed by atoms with Crippen LogP contribution >= 0.6 is 46.3 Å². The fourth-order valence-electron chi connectivity index (χ4n) is 3.99. The second-order valence-corrected chi connectivity index (χ2v) is 11.4. The summed E-state index contributed by atoms with van der Waals surface area (Å²) in [6, 6.07) is 5.17. The Hall–Kier alpha value is -2.33. The number of rotatable bonds is 9. The fourth-order valence-corrected chi connectivity index (χ4v) is 6.53. The third kappa shape index (κ3) is 5.96. The van der Waals surface area contributed by atoms with Crippen molar-refractivity contribution in [2.45, 2.75) is 57.3 Å². The first-order valence-corrected chi connectivity index (χ1v) is 14.1. The van der Waals surface area contributed by atoms with Crippen LogP contribution < -0.4 is 5.32 Å². The highest BCUT2D eigenvalue weighted by atomic mass is 35.5. The number of benzene rings is 1. The summed E-state index contributed by atoms with van der Waals surface area (Å²) in [5, 5.41) is 13.6. The number of hydrogen-bond donors (Lipinski definition) is 1. The molecule has 3 aromatic rings. The summed E-state index contributed by atoms with van der Waals surface area (Å²) >= 11 is 15.1. The number of nitrogens with one attached hydrogen (secondary N) is 1. The molecule has 0 spiro atoms. The van der Waals surface area contributed by atoms with Crippen molar-refractivity contribution >= 4 is 63.2 Å². The van der Waals surface area contributed by atoms with Gasteiger partial charge in [0.1, 0.15) is 5.00 Å². The lowest BCUT2D eigenvalue weighted by molar-refractivity contribution is -0.113. The molecule has 36 heavy (non-hydrogen) atoms. The highest BCUT2D eigenvalue weighted by molar-refractivity contribution is 7.99. The van der Waals surface area contributed by atoms with Crippen LogP contribution in [0.4, 0.5) is 5.00 Å².